The van der Waals surface area contributed by atoms with Gasteiger partial charge in [-0.25, -0.2) is 0 Å². The first-order valence-electron chi connectivity index (χ1n) is 8.02. The minimum atomic E-state index is -0.560. The first-order valence-corrected chi connectivity index (χ1v) is 8.02. The molecule has 0 aromatic heterocycles. The van der Waals surface area contributed by atoms with Gasteiger partial charge in [-0.1, -0.05) is 6.92 Å². The number of nitrogens with zero attached hydrogens (tertiary/aromatic N) is 2. The Morgan fingerprint density at radius 3 is 2.29 bits per heavy atom. The average Bonchev–Trinajstić information content (AvgIpc) is 2.43. The third-order valence-corrected chi connectivity index (χ3v) is 3.76. The molecule has 0 aliphatic carbocycles. The fourth-order valence-corrected chi connectivity index (χ4v) is 2.36. The van der Waals surface area contributed by atoms with E-state index in [1.807, 2.05) is 6.92 Å². The normalized spacial score (nSPS) is 14.5. The highest BCUT2D eigenvalue weighted by Gasteiger charge is 2.32. The molecule has 5 nitrogen and oxygen atoms in total. The average molecular weight is 301 g/mol. The molecule has 1 atom stereocenters. The Kier molecular flexibility index (Phi) is 10.6. The highest BCUT2D eigenvalue weighted by molar-refractivity contribution is 5.80. The molecule has 1 N–H and O–H groups in total. The van der Waals surface area contributed by atoms with Crippen LogP contribution in [0.25, 0.3) is 0 Å². The SMILES string of the molecule is CCCNC(C)(CCCN(C)CCCN(C)C)C(=O)OC. The Morgan fingerprint density at radius 2 is 1.76 bits per heavy atom. The molecule has 0 aromatic rings. The topological polar surface area (TPSA) is 44.8 Å². The minimum Gasteiger partial charge on any atom is -0.468 e. The van der Waals surface area contributed by atoms with E-state index < -0.39 is 5.54 Å². The van der Waals surface area contributed by atoms with Crippen molar-refractivity contribution in [1.29, 1.82) is 0 Å². The van der Waals surface area contributed by atoms with Crippen molar-refractivity contribution in [2.24, 2.45) is 0 Å². The molecule has 0 heterocycles. The Labute approximate surface area is 131 Å². The van der Waals surface area contributed by atoms with Gasteiger partial charge in [0.15, 0.2) is 0 Å². The summed E-state index contributed by atoms with van der Waals surface area (Å²) >= 11 is 0. The van der Waals surface area contributed by atoms with E-state index in [4.69, 9.17) is 4.74 Å². The van der Waals surface area contributed by atoms with E-state index >= 15 is 0 Å². The van der Waals surface area contributed by atoms with Crippen LogP contribution in [0.2, 0.25) is 0 Å². The highest BCUT2D eigenvalue weighted by Crippen LogP contribution is 2.15. The summed E-state index contributed by atoms with van der Waals surface area (Å²) in [5.74, 6) is -0.161. The number of ether oxygens (including phenoxy) is 1. The van der Waals surface area contributed by atoms with Crippen molar-refractivity contribution < 1.29 is 9.53 Å². The summed E-state index contributed by atoms with van der Waals surface area (Å²) in [6, 6.07) is 0. The Bertz CT molecular complexity index is 285. The molecule has 0 rings (SSSR count). The van der Waals surface area contributed by atoms with Crippen molar-refractivity contribution in [2.45, 2.75) is 45.1 Å². The summed E-state index contributed by atoms with van der Waals surface area (Å²) in [7, 11) is 7.80. The Hall–Kier alpha value is -0.650. The van der Waals surface area contributed by atoms with E-state index in [0.29, 0.717) is 0 Å². The second-order valence-electron chi connectivity index (χ2n) is 6.31. The van der Waals surface area contributed by atoms with Crippen LogP contribution in [0.1, 0.15) is 39.5 Å². The van der Waals surface area contributed by atoms with Gasteiger partial charge in [-0.15, -0.1) is 0 Å². The van der Waals surface area contributed by atoms with Crippen LogP contribution in [0.4, 0.5) is 0 Å². The lowest BCUT2D eigenvalue weighted by molar-refractivity contribution is -0.148. The standard InChI is InChI=1S/C16H35N3O2/c1-7-11-17-16(2,15(20)21-6)10-8-13-19(5)14-9-12-18(3)4/h17H,7-14H2,1-6H3. The molecule has 0 saturated carbocycles. The van der Waals surface area contributed by atoms with E-state index in [1.165, 1.54) is 13.5 Å². The van der Waals surface area contributed by atoms with E-state index in [9.17, 15) is 4.79 Å². The third kappa shape index (κ3) is 9.06. The fraction of sp³-hybridized carbons (Fsp3) is 0.938. The molecule has 0 amide bonds. The van der Waals surface area contributed by atoms with Crippen LogP contribution in [0.15, 0.2) is 0 Å². The van der Waals surface area contributed by atoms with Crippen LogP contribution in [-0.4, -0.2) is 75.7 Å². The number of hydrogen-bond donors (Lipinski definition) is 1. The maximum atomic E-state index is 12.0. The second-order valence-corrected chi connectivity index (χ2v) is 6.31. The van der Waals surface area contributed by atoms with Crippen LogP contribution in [0, 0.1) is 0 Å². The van der Waals surface area contributed by atoms with Gasteiger partial charge < -0.3 is 19.9 Å². The summed E-state index contributed by atoms with van der Waals surface area (Å²) in [5, 5.41) is 3.33. The second kappa shape index (κ2) is 11.0. The highest BCUT2D eigenvalue weighted by atomic mass is 16.5. The molecule has 21 heavy (non-hydrogen) atoms. The van der Waals surface area contributed by atoms with Crippen molar-refractivity contribution in [1.82, 2.24) is 15.1 Å². The van der Waals surface area contributed by atoms with Gasteiger partial charge in [-0.2, -0.15) is 0 Å². The first kappa shape index (κ1) is 20.3. The van der Waals surface area contributed by atoms with Crippen LogP contribution in [0.5, 0.6) is 0 Å². The van der Waals surface area contributed by atoms with Crippen molar-refractivity contribution in [2.75, 3.05) is 54.4 Å². The fourth-order valence-electron chi connectivity index (χ4n) is 2.36. The Morgan fingerprint density at radius 1 is 1.14 bits per heavy atom. The lowest BCUT2D eigenvalue weighted by atomic mass is 9.95. The largest absolute Gasteiger partial charge is 0.468 e. The number of esters is 1. The molecule has 0 spiro atoms. The van der Waals surface area contributed by atoms with Crippen molar-refractivity contribution in [3.63, 3.8) is 0 Å². The van der Waals surface area contributed by atoms with Crippen LogP contribution in [-0.2, 0) is 9.53 Å². The summed E-state index contributed by atoms with van der Waals surface area (Å²) in [5.41, 5.74) is -0.560. The number of carbonyl (C=O) groups is 1. The predicted octanol–water partition coefficient (Wildman–Crippen LogP) is 1.58. The number of carbonyl (C=O) groups excluding carboxylic acids is 1. The van der Waals surface area contributed by atoms with Gasteiger partial charge in [0.2, 0.25) is 0 Å². The molecule has 0 aliphatic heterocycles. The zero-order chi connectivity index (χ0) is 16.3. The molecule has 1 unspecified atom stereocenters. The van der Waals surface area contributed by atoms with Gasteiger partial charge in [0.05, 0.1) is 7.11 Å². The zero-order valence-corrected chi connectivity index (χ0v) is 14.9. The summed E-state index contributed by atoms with van der Waals surface area (Å²) in [4.78, 5) is 16.5. The van der Waals surface area contributed by atoms with Gasteiger partial charge in [0.25, 0.3) is 0 Å². The van der Waals surface area contributed by atoms with Gasteiger partial charge in [-0.05, 0) is 79.9 Å². The lowest BCUT2D eigenvalue weighted by Crippen LogP contribution is -2.50. The summed E-state index contributed by atoms with van der Waals surface area (Å²) < 4.78 is 4.94. The van der Waals surface area contributed by atoms with Crippen molar-refractivity contribution in [3.8, 4) is 0 Å². The molecular weight excluding hydrogens is 266 g/mol. The lowest BCUT2D eigenvalue weighted by Gasteiger charge is -2.29. The van der Waals surface area contributed by atoms with E-state index in [2.05, 4.69) is 43.2 Å². The minimum absolute atomic E-state index is 0.161. The monoisotopic (exact) mass is 301 g/mol. The van der Waals surface area contributed by atoms with Crippen LogP contribution >= 0.6 is 0 Å². The van der Waals surface area contributed by atoms with Gasteiger partial charge in [0, 0.05) is 0 Å². The number of rotatable bonds is 12. The van der Waals surface area contributed by atoms with Crippen molar-refractivity contribution >= 4 is 5.97 Å². The maximum absolute atomic E-state index is 12.0. The molecule has 0 aromatic carbocycles. The molecule has 0 saturated heterocycles. The van der Waals surface area contributed by atoms with E-state index in [-0.39, 0.29) is 5.97 Å². The summed E-state index contributed by atoms with van der Waals surface area (Å²) in [6.07, 6.45) is 3.97. The predicted molar refractivity (Wildman–Crippen MR) is 88.6 cm³/mol. The smallest absolute Gasteiger partial charge is 0.325 e. The first-order chi connectivity index (χ1) is 9.85. The van der Waals surface area contributed by atoms with Gasteiger partial charge in [-0.3, -0.25) is 4.79 Å². The van der Waals surface area contributed by atoms with E-state index in [0.717, 1.165) is 45.4 Å². The molecule has 0 radical (unpaired) electrons. The van der Waals surface area contributed by atoms with Crippen LogP contribution < -0.4 is 5.32 Å². The number of hydrogen-bond acceptors (Lipinski definition) is 5. The number of methoxy groups -OCH3 is 1. The molecule has 0 fully saturated rings. The van der Waals surface area contributed by atoms with Gasteiger partial charge in [0.1, 0.15) is 5.54 Å². The molecule has 5 heteroatoms. The quantitative estimate of drug-likeness (QED) is 0.555. The zero-order valence-electron chi connectivity index (χ0n) is 14.9. The molecule has 0 bridgehead atoms. The third-order valence-electron chi connectivity index (χ3n) is 3.76. The van der Waals surface area contributed by atoms with Crippen molar-refractivity contribution in [3.05, 3.63) is 0 Å². The van der Waals surface area contributed by atoms with E-state index in [1.54, 1.807) is 0 Å². The maximum Gasteiger partial charge on any atom is 0.325 e. The molecule has 0 aliphatic rings. The molecular formula is C16H35N3O2. The Balaban J connectivity index is 4.09. The number of nitrogens with one attached hydrogen (secondary N) is 1. The van der Waals surface area contributed by atoms with Crippen LogP contribution in [0.3, 0.4) is 0 Å². The molecule has 126 valence electrons. The summed E-state index contributed by atoms with van der Waals surface area (Å²) in [6.45, 7) is 8.10. The van der Waals surface area contributed by atoms with Gasteiger partial charge >= 0.3 is 5.97 Å².